The van der Waals surface area contributed by atoms with Gasteiger partial charge in [-0.2, -0.15) is 0 Å². The lowest BCUT2D eigenvalue weighted by Crippen LogP contribution is -2.50. The normalized spacial score (nSPS) is 16.1. The highest BCUT2D eigenvalue weighted by atomic mass is 16.2. The molecule has 0 unspecified atom stereocenters. The summed E-state index contributed by atoms with van der Waals surface area (Å²) in [7, 11) is 1.80. The summed E-state index contributed by atoms with van der Waals surface area (Å²) in [6.45, 7) is 3.91. The Kier molecular flexibility index (Phi) is 3.12. The first-order valence-corrected chi connectivity index (χ1v) is 5.61. The highest BCUT2D eigenvalue weighted by molar-refractivity contribution is 5.91. The number of amides is 2. The van der Waals surface area contributed by atoms with Gasteiger partial charge in [0.15, 0.2) is 5.82 Å². The number of hydrogen-bond donors (Lipinski definition) is 0. The van der Waals surface area contributed by atoms with E-state index in [1.165, 1.54) is 0 Å². The fourth-order valence-electron chi connectivity index (χ4n) is 1.94. The summed E-state index contributed by atoms with van der Waals surface area (Å²) >= 11 is 0. The van der Waals surface area contributed by atoms with Crippen molar-refractivity contribution < 1.29 is 9.59 Å². The predicted octanol–water partition coefficient (Wildman–Crippen LogP) is -0.276. The average molecular weight is 236 g/mol. The van der Waals surface area contributed by atoms with Gasteiger partial charge in [0.25, 0.3) is 5.91 Å². The topological polar surface area (TPSA) is 58.4 Å². The maximum atomic E-state index is 12.1. The third-order valence-electron chi connectivity index (χ3n) is 3.02. The average Bonchev–Trinajstić information content (AvgIpc) is 2.74. The number of piperazine rings is 1. The van der Waals surface area contributed by atoms with Crippen LogP contribution in [-0.4, -0.2) is 57.3 Å². The van der Waals surface area contributed by atoms with E-state index in [0.717, 1.165) is 0 Å². The predicted molar refractivity (Wildman–Crippen MR) is 61.4 cm³/mol. The van der Waals surface area contributed by atoms with Gasteiger partial charge in [-0.3, -0.25) is 9.59 Å². The minimum Gasteiger partial charge on any atom is -0.339 e. The van der Waals surface area contributed by atoms with E-state index in [4.69, 9.17) is 0 Å². The number of rotatable bonds is 1. The molecule has 0 bridgehead atoms. The van der Waals surface area contributed by atoms with Crippen molar-refractivity contribution >= 4 is 11.8 Å². The van der Waals surface area contributed by atoms with Crippen LogP contribution < -0.4 is 0 Å². The summed E-state index contributed by atoms with van der Waals surface area (Å²) in [4.78, 5) is 30.8. The molecule has 2 amide bonds. The lowest BCUT2D eigenvalue weighted by molar-refractivity contribution is -0.130. The molecule has 2 heterocycles. The fraction of sp³-hybridized carbons (Fsp3) is 0.545. The first-order chi connectivity index (χ1) is 8.09. The van der Waals surface area contributed by atoms with Crippen LogP contribution in [-0.2, 0) is 11.8 Å². The monoisotopic (exact) mass is 236 g/mol. The first kappa shape index (κ1) is 11.6. The summed E-state index contributed by atoms with van der Waals surface area (Å²) in [5, 5.41) is 0. The molecule has 6 nitrogen and oxygen atoms in total. The van der Waals surface area contributed by atoms with Gasteiger partial charge < -0.3 is 14.4 Å². The summed E-state index contributed by atoms with van der Waals surface area (Å²) in [5.41, 5.74) is 0. The lowest BCUT2D eigenvalue weighted by Gasteiger charge is -2.33. The van der Waals surface area contributed by atoms with Crippen LogP contribution >= 0.6 is 0 Å². The Balaban J connectivity index is 2.00. The van der Waals surface area contributed by atoms with Gasteiger partial charge in [-0.1, -0.05) is 0 Å². The van der Waals surface area contributed by atoms with Gasteiger partial charge in [0.05, 0.1) is 0 Å². The largest absolute Gasteiger partial charge is 0.339 e. The summed E-state index contributed by atoms with van der Waals surface area (Å²) in [6, 6.07) is 0. The van der Waals surface area contributed by atoms with Crippen LogP contribution in [0, 0.1) is 0 Å². The molecule has 1 aliphatic heterocycles. The van der Waals surface area contributed by atoms with Crippen molar-refractivity contribution in [3.63, 3.8) is 0 Å². The van der Waals surface area contributed by atoms with Crippen LogP contribution in [0.5, 0.6) is 0 Å². The van der Waals surface area contributed by atoms with Crippen molar-refractivity contribution in [1.82, 2.24) is 19.4 Å². The van der Waals surface area contributed by atoms with Crippen molar-refractivity contribution in [3.8, 4) is 0 Å². The summed E-state index contributed by atoms with van der Waals surface area (Å²) < 4.78 is 1.71. The van der Waals surface area contributed by atoms with Gasteiger partial charge in [0.2, 0.25) is 5.91 Å². The minimum atomic E-state index is -0.0688. The zero-order valence-corrected chi connectivity index (χ0v) is 10.1. The van der Waals surface area contributed by atoms with Crippen LogP contribution in [0.25, 0.3) is 0 Å². The van der Waals surface area contributed by atoms with Crippen molar-refractivity contribution in [2.24, 2.45) is 7.05 Å². The second-order valence-electron chi connectivity index (χ2n) is 4.16. The molecule has 0 N–H and O–H groups in total. The van der Waals surface area contributed by atoms with E-state index in [1.54, 1.807) is 40.7 Å². The minimum absolute atomic E-state index is 0.0640. The quantitative estimate of drug-likeness (QED) is 0.674. The SMILES string of the molecule is CC(=O)N1CCN(C(=O)c2nccn2C)CC1. The number of hydrogen-bond acceptors (Lipinski definition) is 3. The first-order valence-electron chi connectivity index (χ1n) is 5.61. The van der Waals surface area contributed by atoms with Gasteiger partial charge in [0.1, 0.15) is 0 Å². The Bertz CT molecular complexity index is 432. The number of aromatic nitrogens is 2. The van der Waals surface area contributed by atoms with E-state index in [-0.39, 0.29) is 11.8 Å². The van der Waals surface area contributed by atoms with E-state index in [2.05, 4.69) is 4.98 Å². The molecule has 0 radical (unpaired) electrons. The molecule has 1 aromatic rings. The van der Waals surface area contributed by atoms with Crippen LogP contribution in [0.15, 0.2) is 12.4 Å². The smallest absolute Gasteiger partial charge is 0.289 e. The second kappa shape index (κ2) is 4.57. The molecule has 0 saturated carbocycles. The van der Waals surface area contributed by atoms with E-state index < -0.39 is 0 Å². The fourth-order valence-corrected chi connectivity index (χ4v) is 1.94. The van der Waals surface area contributed by atoms with E-state index in [0.29, 0.717) is 32.0 Å². The van der Waals surface area contributed by atoms with Crippen LogP contribution in [0.3, 0.4) is 0 Å². The Morgan fingerprint density at radius 3 is 2.24 bits per heavy atom. The van der Waals surface area contributed by atoms with Crippen molar-refractivity contribution in [1.29, 1.82) is 0 Å². The van der Waals surface area contributed by atoms with Crippen molar-refractivity contribution in [2.45, 2.75) is 6.92 Å². The molecule has 6 heteroatoms. The molecule has 1 aliphatic rings. The van der Waals surface area contributed by atoms with Crippen LogP contribution in [0.1, 0.15) is 17.5 Å². The maximum Gasteiger partial charge on any atom is 0.289 e. The Morgan fingerprint density at radius 2 is 1.76 bits per heavy atom. The Labute approximate surface area is 99.8 Å². The molecule has 1 fully saturated rings. The third kappa shape index (κ3) is 2.30. The van der Waals surface area contributed by atoms with Crippen molar-refractivity contribution in [2.75, 3.05) is 26.2 Å². The molecular weight excluding hydrogens is 220 g/mol. The van der Waals surface area contributed by atoms with Gasteiger partial charge >= 0.3 is 0 Å². The molecule has 2 rings (SSSR count). The van der Waals surface area contributed by atoms with E-state index in [1.807, 2.05) is 0 Å². The Hall–Kier alpha value is -1.85. The van der Waals surface area contributed by atoms with Crippen LogP contribution in [0.2, 0.25) is 0 Å². The van der Waals surface area contributed by atoms with Gasteiger partial charge in [-0.05, 0) is 0 Å². The second-order valence-corrected chi connectivity index (χ2v) is 4.16. The number of carbonyl (C=O) groups excluding carboxylic acids is 2. The molecular formula is C11H16N4O2. The molecule has 1 saturated heterocycles. The van der Waals surface area contributed by atoms with Crippen LogP contribution in [0.4, 0.5) is 0 Å². The van der Waals surface area contributed by atoms with Crippen molar-refractivity contribution in [3.05, 3.63) is 18.2 Å². The Morgan fingerprint density at radius 1 is 1.18 bits per heavy atom. The zero-order chi connectivity index (χ0) is 12.4. The molecule has 0 aromatic carbocycles. The number of nitrogens with zero attached hydrogens (tertiary/aromatic N) is 4. The van der Waals surface area contributed by atoms with E-state index in [9.17, 15) is 9.59 Å². The number of aryl methyl sites for hydroxylation is 1. The molecule has 0 aliphatic carbocycles. The summed E-state index contributed by atoms with van der Waals surface area (Å²) in [5.74, 6) is 0.441. The maximum absolute atomic E-state index is 12.1. The molecule has 0 atom stereocenters. The van der Waals surface area contributed by atoms with Gasteiger partial charge in [-0.25, -0.2) is 4.98 Å². The number of imidazole rings is 1. The standard InChI is InChI=1S/C11H16N4O2/c1-9(16)14-5-7-15(8-6-14)11(17)10-12-3-4-13(10)2/h3-4H,5-8H2,1-2H3. The van der Waals surface area contributed by atoms with E-state index >= 15 is 0 Å². The third-order valence-corrected chi connectivity index (χ3v) is 3.02. The number of carbonyl (C=O) groups is 2. The summed E-state index contributed by atoms with van der Waals surface area (Å²) in [6.07, 6.45) is 3.36. The lowest BCUT2D eigenvalue weighted by atomic mass is 10.3. The van der Waals surface area contributed by atoms with Gasteiger partial charge in [0, 0.05) is 52.5 Å². The molecule has 0 spiro atoms. The molecule has 1 aromatic heterocycles. The molecule has 17 heavy (non-hydrogen) atoms. The highest BCUT2D eigenvalue weighted by Gasteiger charge is 2.25. The molecule has 92 valence electrons. The highest BCUT2D eigenvalue weighted by Crippen LogP contribution is 2.07. The zero-order valence-electron chi connectivity index (χ0n) is 10.1. The van der Waals surface area contributed by atoms with Gasteiger partial charge in [-0.15, -0.1) is 0 Å².